The highest BCUT2D eigenvalue weighted by molar-refractivity contribution is 7.83. The third-order valence-corrected chi connectivity index (χ3v) is 4.59. The molecule has 0 nitrogen and oxygen atoms in total. The van der Waals surface area contributed by atoms with Crippen molar-refractivity contribution in [1.82, 2.24) is 0 Å². The van der Waals surface area contributed by atoms with E-state index in [4.69, 9.17) is 7.85 Å². The van der Waals surface area contributed by atoms with Crippen LogP contribution < -0.4 is 4.78 Å². The number of hydrogen-bond acceptors (Lipinski definition) is 2. The van der Waals surface area contributed by atoms with E-state index in [0.29, 0.717) is 0 Å². The standard InChI is InChI=1S/C12H17BS2/c1-8-6-9(8)4-2-3-5-10-7-11(14)15-12(10)13/h7-9,14H,2-6H2,1H3. The van der Waals surface area contributed by atoms with Crippen LogP contribution in [0.5, 0.6) is 0 Å². The Morgan fingerprint density at radius 1 is 1.53 bits per heavy atom. The number of aryl methyl sites for hydroxylation is 1. The Hall–Kier alpha value is 0.115. The minimum atomic E-state index is 0.958. The van der Waals surface area contributed by atoms with Gasteiger partial charge in [-0.15, -0.1) is 24.0 Å². The molecule has 1 aromatic heterocycles. The van der Waals surface area contributed by atoms with Crippen LogP contribution in [0.25, 0.3) is 0 Å². The van der Waals surface area contributed by atoms with E-state index in [1.165, 1.54) is 31.2 Å². The van der Waals surface area contributed by atoms with Gasteiger partial charge in [0.15, 0.2) is 0 Å². The van der Waals surface area contributed by atoms with Crippen molar-refractivity contribution in [2.75, 3.05) is 0 Å². The topological polar surface area (TPSA) is 0 Å². The predicted octanol–water partition coefficient (Wildman–Crippen LogP) is 3.20. The molecular formula is C12H17BS2. The Balaban J connectivity index is 1.67. The van der Waals surface area contributed by atoms with Gasteiger partial charge in [0.05, 0.1) is 4.21 Å². The van der Waals surface area contributed by atoms with E-state index in [2.05, 4.69) is 25.6 Å². The highest BCUT2D eigenvalue weighted by Gasteiger charge is 2.31. The zero-order valence-electron chi connectivity index (χ0n) is 9.20. The van der Waals surface area contributed by atoms with Crippen LogP contribution in [0.4, 0.5) is 0 Å². The average molecular weight is 236 g/mol. The van der Waals surface area contributed by atoms with Crippen LogP contribution in [-0.4, -0.2) is 7.85 Å². The van der Waals surface area contributed by atoms with E-state index in [-0.39, 0.29) is 0 Å². The fourth-order valence-electron chi connectivity index (χ4n) is 2.15. The molecule has 2 unspecified atom stereocenters. The smallest absolute Gasteiger partial charge is 0.129 e. The summed E-state index contributed by atoms with van der Waals surface area (Å²) in [5.74, 6) is 2.03. The second-order valence-corrected chi connectivity index (χ2v) is 6.56. The first-order valence-electron chi connectivity index (χ1n) is 5.74. The molecule has 1 heterocycles. The molecule has 0 bridgehead atoms. The van der Waals surface area contributed by atoms with Crippen molar-refractivity contribution in [1.29, 1.82) is 0 Å². The van der Waals surface area contributed by atoms with E-state index >= 15 is 0 Å². The molecule has 2 rings (SSSR count). The number of thiol groups is 1. The predicted molar refractivity (Wildman–Crippen MR) is 71.8 cm³/mol. The summed E-state index contributed by atoms with van der Waals surface area (Å²) in [7, 11) is 5.89. The number of unbranched alkanes of at least 4 members (excludes halogenated alkanes) is 1. The lowest BCUT2D eigenvalue weighted by Gasteiger charge is -2.00. The molecule has 1 aliphatic carbocycles. The number of rotatable bonds is 5. The van der Waals surface area contributed by atoms with Crippen molar-refractivity contribution in [3.8, 4) is 0 Å². The Labute approximate surface area is 103 Å². The summed E-state index contributed by atoms with van der Waals surface area (Å²) in [6, 6.07) is 2.11. The summed E-state index contributed by atoms with van der Waals surface area (Å²) >= 11 is 5.90. The zero-order chi connectivity index (χ0) is 10.8. The lowest BCUT2D eigenvalue weighted by Crippen LogP contribution is -2.02. The normalized spacial score (nSPS) is 24.4. The van der Waals surface area contributed by atoms with Crippen LogP contribution in [0, 0.1) is 11.8 Å². The van der Waals surface area contributed by atoms with Crippen LogP contribution in [0.1, 0.15) is 38.2 Å². The molecular weight excluding hydrogens is 219 g/mol. The fraction of sp³-hybridized carbons (Fsp3) is 0.667. The second kappa shape index (κ2) is 4.96. The summed E-state index contributed by atoms with van der Waals surface area (Å²) in [5, 5.41) is 0. The molecule has 0 aromatic carbocycles. The molecule has 0 amide bonds. The minimum Gasteiger partial charge on any atom is -0.145 e. The van der Waals surface area contributed by atoms with Gasteiger partial charge in [0.1, 0.15) is 7.85 Å². The van der Waals surface area contributed by atoms with Gasteiger partial charge in [0.25, 0.3) is 0 Å². The molecule has 1 saturated carbocycles. The first kappa shape index (κ1) is 11.6. The van der Waals surface area contributed by atoms with E-state index in [9.17, 15) is 0 Å². The molecule has 15 heavy (non-hydrogen) atoms. The van der Waals surface area contributed by atoms with E-state index in [1.54, 1.807) is 11.3 Å². The molecule has 1 aliphatic rings. The van der Waals surface area contributed by atoms with Gasteiger partial charge >= 0.3 is 0 Å². The van der Waals surface area contributed by atoms with Gasteiger partial charge in [-0.3, -0.25) is 0 Å². The first-order chi connectivity index (χ1) is 7.16. The number of hydrogen-bond donors (Lipinski definition) is 1. The molecule has 0 spiro atoms. The minimum absolute atomic E-state index is 0.958. The van der Waals surface area contributed by atoms with Gasteiger partial charge in [-0.2, -0.15) is 0 Å². The van der Waals surface area contributed by atoms with Gasteiger partial charge in [-0.25, -0.2) is 0 Å². The van der Waals surface area contributed by atoms with Gasteiger partial charge in [-0.05, 0) is 47.5 Å². The van der Waals surface area contributed by atoms with Crippen molar-refractivity contribution < 1.29 is 0 Å². The first-order valence-corrected chi connectivity index (χ1v) is 7.00. The maximum absolute atomic E-state index is 5.89. The van der Waals surface area contributed by atoms with Crippen molar-refractivity contribution >= 4 is 36.6 Å². The van der Waals surface area contributed by atoms with Crippen LogP contribution in [-0.2, 0) is 6.42 Å². The molecule has 1 aromatic rings. The van der Waals surface area contributed by atoms with E-state index < -0.39 is 0 Å². The monoisotopic (exact) mass is 236 g/mol. The maximum Gasteiger partial charge on any atom is 0.129 e. The maximum atomic E-state index is 5.89. The van der Waals surface area contributed by atoms with Crippen LogP contribution in [0.2, 0.25) is 0 Å². The van der Waals surface area contributed by atoms with E-state index in [1.807, 2.05) is 0 Å². The van der Waals surface area contributed by atoms with E-state index in [0.717, 1.165) is 27.2 Å². The Morgan fingerprint density at radius 3 is 2.80 bits per heavy atom. The van der Waals surface area contributed by atoms with Crippen LogP contribution >= 0.6 is 24.0 Å². The fourth-order valence-corrected chi connectivity index (χ4v) is 3.32. The molecule has 0 aliphatic heterocycles. The SMILES string of the molecule is [B]c1sc(S)cc1CCCCC1CC1C. The molecule has 0 saturated heterocycles. The molecule has 0 N–H and O–H groups in total. The largest absolute Gasteiger partial charge is 0.145 e. The van der Waals surface area contributed by atoms with Crippen molar-refractivity contribution in [2.24, 2.45) is 11.8 Å². The molecule has 1 fully saturated rings. The summed E-state index contributed by atoms with van der Waals surface area (Å²) < 4.78 is 2.00. The van der Waals surface area contributed by atoms with Crippen molar-refractivity contribution in [3.63, 3.8) is 0 Å². The van der Waals surface area contributed by atoms with Crippen LogP contribution in [0.3, 0.4) is 0 Å². The summed E-state index contributed by atoms with van der Waals surface area (Å²) in [5.41, 5.74) is 1.30. The molecule has 2 radical (unpaired) electrons. The van der Waals surface area contributed by atoms with Gasteiger partial charge in [0.2, 0.25) is 0 Å². The van der Waals surface area contributed by atoms with Crippen molar-refractivity contribution in [3.05, 3.63) is 11.6 Å². The van der Waals surface area contributed by atoms with Gasteiger partial charge in [-0.1, -0.05) is 19.8 Å². The summed E-state index contributed by atoms with van der Waals surface area (Å²) in [4.78, 5) is 0. The molecule has 2 atom stereocenters. The summed E-state index contributed by atoms with van der Waals surface area (Å²) in [6.45, 7) is 2.36. The Morgan fingerprint density at radius 2 is 2.27 bits per heavy atom. The Kier molecular flexibility index (Phi) is 3.84. The Bertz CT molecular complexity index is 332. The van der Waals surface area contributed by atoms with Gasteiger partial charge in [0, 0.05) is 0 Å². The second-order valence-electron chi connectivity index (χ2n) is 4.69. The lowest BCUT2D eigenvalue weighted by atomic mass is 9.98. The highest BCUT2D eigenvalue weighted by Crippen LogP contribution is 2.41. The number of thiophene rings is 1. The third-order valence-electron chi connectivity index (χ3n) is 3.38. The van der Waals surface area contributed by atoms with Gasteiger partial charge < -0.3 is 0 Å². The lowest BCUT2D eigenvalue weighted by molar-refractivity contribution is 0.601. The quantitative estimate of drug-likeness (QED) is 0.453. The molecule has 3 heteroatoms. The highest BCUT2D eigenvalue weighted by atomic mass is 32.2. The molecule has 80 valence electrons. The average Bonchev–Trinajstić information content (AvgIpc) is 2.77. The van der Waals surface area contributed by atoms with Crippen LogP contribution in [0.15, 0.2) is 10.3 Å². The zero-order valence-corrected chi connectivity index (χ0v) is 10.9. The summed E-state index contributed by atoms with van der Waals surface area (Å²) in [6.07, 6.45) is 6.63. The van der Waals surface area contributed by atoms with Crippen molar-refractivity contribution in [2.45, 2.75) is 43.2 Å². The third kappa shape index (κ3) is 3.28.